The summed E-state index contributed by atoms with van der Waals surface area (Å²) in [6, 6.07) is 51.3. The minimum Gasteiger partial charge on any atom is -0.456 e. The second kappa shape index (κ2) is 8.62. The number of furan rings is 1. The van der Waals surface area contributed by atoms with Crippen LogP contribution in [0.25, 0.3) is 33.1 Å². The zero-order chi connectivity index (χ0) is 26.7. The fourth-order valence-electron chi connectivity index (χ4n) is 6.60. The summed E-state index contributed by atoms with van der Waals surface area (Å²) < 4.78 is 6.39. The van der Waals surface area contributed by atoms with Crippen LogP contribution in [-0.4, -0.2) is 0 Å². The van der Waals surface area contributed by atoms with E-state index in [9.17, 15) is 0 Å². The largest absolute Gasteiger partial charge is 0.456 e. The maximum Gasteiger partial charge on any atom is 0.137 e. The summed E-state index contributed by atoms with van der Waals surface area (Å²) in [6.45, 7) is 0. The molecule has 0 spiro atoms. The van der Waals surface area contributed by atoms with Crippen molar-refractivity contribution >= 4 is 39.0 Å². The van der Waals surface area contributed by atoms with Crippen LogP contribution in [0.4, 0.5) is 17.1 Å². The highest BCUT2D eigenvalue weighted by molar-refractivity contribution is 6.06. The third-order valence-electron chi connectivity index (χ3n) is 8.20. The molecule has 0 radical (unpaired) electrons. The summed E-state index contributed by atoms with van der Waals surface area (Å²) in [4.78, 5) is 2.46. The van der Waals surface area contributed by atoms with E-state index in [2.05, 4.69) is 132 Å². The Hall–Kier alpha value is -5.28. The molecule has 0 amide bonds. The first-order chi connectivity index (χ1) is 19.7. The van der Waals surface area contributed by atoms with E-state index in [4.69, 9.17) is 10.2 Å². The Balaban J connectivity index is 1.52. The van der Waals surface area contributed by atoms with Gasteiger partial charge in [-0.3, -0.25) is 0 Å². The van der Waals surface area contributed by atoms with E-state index >= 15 is 0 Å². The molecule has 1 aromatic heterocycles. The zero-order valence-corrected chi connectivity index (χ0v) is 21.8. The Labute approximate surface area is 232 Å². The Kier molecular flexibility index (Phi) is 4.89. The number of nitrogens with two attached hydrogens (primary N) is 1. The first-order valence-corrected chi connectivity index (χ1v) is 13.6. The molecule has 1 unspecified atom stereocenters. The quantitative estimate of drug-likeness (QED) is 0.238. The van der Waals surface area contributed by atoms with Gasteiger partial charge in [0.05, 0.1) is 0 Å². The van der Waals surface area contributed by atoms with Crippen LogP contribution in [0.1, 0.15) is 16.7 Å². The zero-order valence-electron chi connectivity index (χ0n) is 21.8. The van der Waals surface area contributed by atoms with Gasteiger partial charge in [-0.05, 0) is 70.3 Å². The lowest BCUT2D eigenvalue weighted by atomic mass is 9.78. The third-order valence-corrected chi connectivity index (χ3v) is 8.20. The van der Waals surface area contributed by atoms with Crippen molar-refractivity contribution in [1.82, 2.24) is 0 Å². The van der Waals surface area contributed by atoms with Crippen molar-refractivity contribution in [3.63, 3.8) is 0 Å². The van der Waals surface area contributed by atoms with Gasteiger partial charge < -0.3 is 15.1 Å². The first-order valence-electron chi connectivity index (χ1n) is 13.6. The molecule has 8 rings (SSSR count). The molecule has 7 aromatic rings. The minimum atomic E-state index is -0.677. The maximum absolute atomic E-state index is 6.53. The van der Waals surface area contributed by atoms with Gasteiger partial charge in [-0.1, -0.05) is 97.1 Å². The second-order valence-corrected chi connectivity index (χ2v) is 10.4. The van der Waals surface area contributed by atoms with Crippen LogP contribution in [0, 0.1) is 0 Å². The lowest BCUT2D eigenvalue weighted by Gasteiger charge is -2.45. The Morgan fingerprint density at radius 3 is 2.02 bits per heavy atom. The van der Waals surface area contributed by atoms with Gasteiger partial charge in [0.25, 0.3) is 0 Å². The van der Waals surface area contributed by atoms with Gasteiger partial charge in [0.1, 0.15) is 16.7 Å². The summed E-state index contributed by atoms with van der Waals surface area (Å²) >= 11 is 0. The highest BCUT2D eigenvalue weighted by Gasteiger charge is 2.50. The Morgan fingerprint density at radius 2 is 1.18 bits per heavy atom. The molecule has 2 N–H and O–H groups in total. The van der Waals surface area contributed by atoms with E-state index < -0.39 is 5.54 Å². The first kappa shape index (κ1) is 22.7. The van der Waals surface area contributed by atoms with Crippen molar-refractivity contribution in [2.75, 3.05) is 10.6 Å². The minimum absolute atomic E-state index is 0.677. The van der Waals surface area contributed by atoms with E-state index in [1.54, 1.807) is 0 Å². The Bertz CT molecular complexity index is 2030. The van der Waals surface area contributed by atoms with Crippen molar-refractivity contribution in [2.45, 2.75) is 5.54 Å². The topological polar surface area (TPSA) is 42.4 Å². The molecule has 40 heavy (non-hydrogen) atoms. The lowest BCUT2D eigenvalue weighted by Crippen LogP contribution is -2.44. The lowest BCUT2D eigenvalue weighted by molar-refractivity contribution is 0.641. The van der Waals surface area contributed by atoms with Crippen molar-refractivity contribution in [3.8, 4) is 11.1 Å². The Morgan fingerprint density at radius 1 is 0.500 bits per heavy atom. The average molecular weight is 515 g/mol. The van der Waals surface area contributed by atoms with Crippen LogP contribution < -0.4 is 10.6 Å². The number of anilines is 3. The SMILES string of the molecule is Nc1ccc2c(c1)C(c1ccccc1)(N(c1ccccc1)c1ccc3c(c1)oc1ccccc13)c1ccccc1-2. The molecular formula is C37H26N2O. The fourth-order valence-corrected chi connectivity index (χ4v) is 6.60. The summed E-state index contributed by atoms with van der Waals surface area (Å²) in [5.41, 5.74) is 16.4. The predicted molar refractivity (Wildman–Crippen MR) is 165 cm³/mol. The number of hydrogen-bond acceptors (Lipinski definition) is 3. The van der Waals surface area contributed by atoms with Gasteiger partial charge in [0.2, 0.25) is 0 Å². The van der Waals surface area contributed by atoms with Gasteiger partial charge in [0, 0.05) is 33.9 Å². The molecule has 190 valence electrons. The van der Waals surface area contributed by atoms with Gasteiger partial charge >= 0.3 is 0 Å². The normalized spacial score (nSPS) is 15.7. The molecule has 1 aliphatic carbocycles. The summed E-state index contributed by atoms with van der Waals surface area (Å²) in [7, 11) is 0. The van der Waals surface area contributed by atoms with Crippen LogP contribution in [0.5, 0.6) is 0 Å². The van der Waals surface area contributed by atoms with Crippen LogP contribution >= 0.6 is 0 Å². The predicted octanol–water partition coefficient (Wildman–Crippen LogP) is 9.28. The molecule has 1 heterocycles. The van der Waals surface area contributed by atoms with Crippen molar-refractivity contribution in [1.29, 1.82) is 0 Å². The maximum atomic E-state index is 6.53. The van der Waals surface area contributed by atoms with E-state index in [0.29, 0.717) is 0 Å². The molecule has 0 bridgehead atoms. The van der Waals surface area contributed by atoms with Crippen molar-refractivity contribution in [2.24, 2.45) is 0 Å². The van der Waals surface area contributed by atoms with Crippen LogP contribution in [0.15, 0.2) is 150 Å². The molecule has 3 heteroatoms. The fraction of sp³-hybridized carbons (Fsp3) is 0.0270. The average Bonchev–Trinajstić information content (AvgIpc) is 3.52. The standard InChI is InChI=1S/C37H26N2O/c38-26-19-21-30-29-15-7-9-17-33(29)37(34(30)23-26,25-11-3-1-4-12-25)39(27-13-5-2-6-14-27)28-20-22-32-31-16-8-10-18-35(31)40-36(32)24-28/h1-24H,38H2. The molecular weight excluding hydrogens is 488 g/mol. The van der Waals surface area contributed by atoms with E-state index in [1.165, 1.54) is 22.3 Å². The van der Waals surface area contributed by atoms with Crippen LogP contribution in [0.3, 0.4) is 0 Å². The number of para-hydroxylation sites is 2. The van der Waals surface area contributed by atoms with Gasteiger partial charge in [-0.2, -0.15) is 0 Å². The molecule has 1 aliphatic rings. The molecule has 0 fully saturated rings. The number of fused-ring (bicyclic) bond motifs is 6. The van der Waals surface area contributed by atoms with Crippen molar-refractivity contribution in [3.05, 3.63) is 162 Å². The highest BCUT2D eigenvalue weighted by atomic mass is 16.3. The van der Waals surface area contributed by atoms with Crippen LogP contribution in [0.2, 0.25) is 0 Å². The molecule has 0 aliphatic heterocycles. The summed E-state index contributed by atoms with van der Waals surface area (Å²) in [5.74, 6) is 0. The second-order valence-electron chi connectivity index (χ2n) is 10.4. The van der Waals surface area contributed by atoms with E-state index in [0.717, 1.165) is 44.6 Å². The third kappa shape index (κ3) is 3.12. The summed E-state index contributed by atoms with van der Waals surface area (Å²) in [6.07, 6.45) is 0. The highest BCUT2D eigenvalue weighted by Crippen LogP contribution is 2.58. The number of benzene rings is 6. The summed E-state index contributed by atoms with van der Waals surface area (Å²) in [5, 5.41) is 2.23. The van der Waals surface area contributed by atoms with Crippen molar-refractivity contribution < 1.29 is 4.42 Å². The number of nitrogens with zero attached hydrogens (tertiary/aromatic N) is 1. The van der Waals surface area contributed by atoms with Gasteiger partial charge in [0.15, 0.2) is 0 Å². The smallest absolute Gasteiger partial charge is 0.137 e. The molecule has 0 saturated heterocycles. The number of hydrogen-bond donors (Lipinski definition) is 1. The number of nitrogen functional groups attached to an aromatic ring is 1. The number of rotatable bonds is 4. The van der Waals surface area contributed by atoms with Crippen LogP contribution in [-0.2, 0) is 5.54 Å². The molecule has 6 aromatic carbocycles. The molecule has 1 atom stereocenters. The van der Waals surface area contributed by atoms with Gasteiger partial charge in [-0.15, -0.1) is 0 Å². The van der Waals surface area contributed by atoms with Gasteiger partial charge in [-0.25, -0.2) is 0 Å². The van der Waals surface area contributed by atoms with E-state index in [-0.39, 0.29) is 0 Å². The van der Waals surface area contributed by atoms with E-state index in [1.807, 2.05) is 18.2 Å². The molecule has 3 nitrogen and oxygen atoms in total. The molecule has 0 saturated carbocycles. The monoisotopic (exact) mass is 514 g/mol.